The van der Waals surface area contributed by atoms with E-state index in [0.29, 0.717) is 18.9 Å². The van der Waals surface area contributed by atoms with Crippen LogP contribution < -0.4 is 10.1 Å². The average Bonchev–Trinajstić information content (AvgIpc) is 3.69. The summed E-state index contributed by atoms with van der Waals surface area (Å²) >= 11 is 0. The minimum atomic E-state index is -1.45. The van der Waals surface area contributed by atoms with Crippen molar-refractivity contribution in [3.8, 4) is 5.75 Å². The van der Waals surface area contributed by atoms with Gasteiger partial charge in [-0.05, 0) is 99.8 Å². The van der Waals surface area contributed by atoms with Gasteiger partial charge in [-0.2, -0.15) is 0 Å². The monoisotopic (exact) mass is 573 g/mol. The molecule has 2 N–H and O–H groups in total. The molecular weight excluding hydrogens is 535 g/mol. The van der Waals surface area contributed by atoms with Gasteiger partial charge in [0, 0.05) is 30.8 Å². The minimum Gasteiger partial charge on any atom is -0.493 e. The van der Waals surface area contributed by atoms with Crippen LogP contribution in [0.1, 0.15) is 73.4 Å². The number of ether oxygens (including phenoxy) is 1. The summed E-state index contributed by atoms with van der Waals surface area (Å²) < 4.78 is 49.2. The molecule has 0 unspecified atom stereocenters. The van der Waals surface area contributed by atoms with Crippen LogP contribution in [0, 0.1) is 17.6 Å². The lowest BCUT2D eigenvalue weighted by atomic mass is 9.97. The first-order valence-corrected chi connectivity index (χ1v) is 14.5. The number of benzene rings is 2. The molecule has 222 valence electrons. The fraction of sp³-hybridized carbons (Fsp3) is 0.548. The molecule has 10 heteroatoms. The highest BCUT2D eigenvalue weighted by Crippen LogP contribution is 2.45. The molecule has 2 aliphatic heterocycles. The molecule has 1 aliphatic carbocycles. The summed E-state index contributed by atoms with van der Waals surface area (Å²) in [4.78, 5) is 27.8. The van der Waals surface area contributed by atoms with E-state index in [9.17, 15) is 23.5 Å². The number of hydrogen-bond acceptors (Lipinski definition) is 5. The molecule has 2 aromatic rings. The number of alkyl halides is 1. The zero-order valence-corrected chi connectivity index (χ0v) is 23.5. The molecule has 2 heterocycles. The molecule has 41 heavy (non-hydrogen) atoms. The Balaban J connectivity index is 1.20. The van der Waals surface area contributed by atoms with Crippen LogP contribution in [0.3, 0.4) is 0 Å². The summed E-state index contributed by atoms with van der Waals surface area (Å²) in [6.45, 7) is 6.46. The van der Waals surface area contributed by atoms with Gasteiger partial charge in [-0.15, -0.1) is 0 Å². The van der Waals surface area contributed by atoms with Crippen LogP contribution in [-0.4, -0.2) is 71.3 Å². The number of nitrogens with one attached hydrogen (secondary N) is 1. The van der Waals surface area contributed by atoms with Gasteiger partial charge in [-0.3, -0.25) is 9.69 Å². The lowest BCUT2D eigenvalue weighted by molar-refractivity contribution is -0.141. The zero-order chi connectivity index (χ0) is 29.3. The highest BCUT2D eigenvalue weighted by Gasteiger charge is 2.41. The quantitative estimate of drug-likeness (QED) is 0.386. The van der Waals surface area contributed by atoms with E-state index in [2.05, 4.69) is 10.2 Å². The molecule has 0 radical (unpaired) electrons. The fourth-order valence-corrected chi connectivity index (χ4v) is 5.88. The van der Waals surface area contributed by atoms with Crippen molar-refractivity contribution >= 4 is 17.6 Å². The second kappa shape index (κ2) is 12.3. The van der Waals surface area contributed by atoms with E-state index in [0.717, 1.165) is 60.5 Å². The van der Waals surface area contributed by atoms with Crippen molar-refractivity contribution in [3.63, 3.8) is 0 Å². The molecular formula is C31H38F3N3O4. The molecule has 1 saturated carbocycles. The van der Waals surface area contributed by atoms with Crippen molar-refractivity contribution in [2.75, 3.05) is 31.6 Å². The van der Waals surface area contributed by atoms with Gasteiger partial charge in [0.2, 0.25) is 0 Å². The molecule has 0 spiro atoms. The van der Waals surface area contributed by atoms with Gasteiger partial charge in [0.25, 0.3) is 5.91 Å². The number of carbonyl (C=O) groups excluding carboxylic acids is 1. The molecule has 2 aromatic carbocycles. The van der Waals surface area contributed by atoms with Crippen LogP contribution in [0.2, 0.25) is 0 Å². The van der Waals surface area contributed by atoms with Crippen molar-refractivity contribution in [3.05, 3.63) is 58.7 Å². The molecule has 7 nitrogen and oxygen atoms in total. The van der Waals surface area contributed by atoms with Crippen LogP contribution in [0.4, 0.5) is 18.9 Å². The van der Waals surface area contributed by atoms with Crippen molar-refractivity contribution in [2.45, 2.75) is 76.7 Å². The number of halogens is 3. The normalized spacial score (nSPS) is 21.9. The van der Waals surface area contributed by atoms with Crippen molar-refractivity contribution in [2.24, 2.45) is 5.92 Å². The Morgan fingerprint density at radius 1 is 1.10 bits per heavy atom. The average molecular weight is 574 g/mol. The van der Waals surface area contributed by atoms with E-state index in [1.807, 2.05) is 13.8 Å². The summed E-state index contributed by atoms with van der Waals surface area (Å²) in [6.07, 6.45) is 1.82. The van der Waals surface area contributed by atoms with Gasteiger partial charge >= 0.3 is 5.97 Å². The van der Waals surface area contributed by atoms with E-state index in [1.54, 1.807) is 12.1 Å². The number of nitrogens with zero attached hydrogens (tertiary/aromatic N) is 2. The van der Waals surface area contributed by atoms with E-state index in [-0.39, 0.29) is 42.2 Å². The Hall–Kier alpha value is -3.27. The van der Waals surface area contributed by atoms with Gasteiger partial charge in [-0.25, -0.2) is 18.0 Å². The fourth-order valence-electron chi connectivity index (χ4n) is 5.88. The topological polar surface area (TPSA) is 82.1 Å². The number of piperidine rings is 1. The first kappa shape index (κ1) is 29.2. The van der Waals surface area contributed by atoms with E-state index in [1.165, 1.54) is 18.2 Å². The number of hydrogen-bond donors (Lipinski definition) is 2. The maximum atomic E-state index is 15.2. The van der Waals surface area contributed by atoms with Gasteiger partial charge in [0.15, 0.2) is 0 Å². The number of carboxylic acids is 1. The lowest BCUT2D eigenvalue weighted by Gasteiger charge is -2.32. The number of likely N-dealkylation sites (tertiary alicyclic amines) is 2. The molecule has 3 fully saturated rings. The Morgan fingerprint density at radius 3 is 2.49 bits per heavy atom. The second-order valence-electron chi connectivity index (χ2n) is 11.9. The van der Waals surface area contributed by atoms with Crippen molar-refractivity contribution in [1.29, 1.82) is 0 Å². The predicted octanol–water partition coefficient (Wildman–Crippen LogP) is 5.59. The minimum absolute atomic E-state index is 0.154. The largest absolute Gasteiger partial charge is 0.493 e. The predicted molar refractivity (Wildman–Crippen MR) is 149 cm³/mol. The first-order valence-electron chi connectivity index (χ1n) is 14.5. The number of amides is 1. The SMILES string of the molecule is CC(C)Nc1ccc(F)cc1CN1CCC(COc2cc(F)c(C(=O)N3C[C@H](F)C[C@H]3C(=O)O)cc2C2CC2)CC1. The third-order valence-corrected chi connectivity index (χ3v) is 8.23. The summed E-state index contributed by atoms with van der Waals surface area (Å²) in [5.41, 5.74) is 2.37. The maximum absolute atomic E-state index is 15.2. The molecule has 0 bridgehead atoms. The van der Waals surface area contributed by atoms with Crippen LogP contribution in [0.15, 0.2) is 30.3 Å². The Bertz CT molecular complexity index is 1280. The van der Waals surface area contributed by atoms with Gasteiger partial charge in [0.05, 0.1) is 18.7 Å². The van der Waals surface area contributed by atoms with E-state index in [4.69, 9.17) is 4.74 Å². The Kier molecular flexibility index (Phi) is 8.77. The Labute approximate surface area is 238 Å². The molecule has 5 rings (SSSR count). The standard InChI is InChI=1S/C31H38F3N3O4/c1-18(2)35-27-6-5-22(32)11-21(27)15-36-9-7-19(8-10-36)17-41-29-14-26(34)25(13-24(29)20-3-4-20)30(38)37-16-23(33)12-28(37)31(39)40/h5-6,11,13-14,18-20,23,28,35H,3-4,7-10,12,15-17H2,1-2H3,(H,39,40)/t23-,28+/m1/s1. The van der Waals surface area contributed by atoms with Crippen LogP contribution in [-0.2, 0) is 11.3 Å². The molecule has 3 aliphatic rings. The van der Waals surface area contributed by atoms with Gasteiger partial charge in [0.1, 0.15) is 29.6 Å². The Morgan fingerprint density at radius 2 is 1.83 bits per heavy atom. The second-order valence-corrected chi connectivity index (χ2v) is 11.9. The number of carboxylic acid groups (broad SMARTS) is 1. The maximum Gasteiger partial charge on any atom is 0.326 e. The summed E-state index contributed by atoms with van der Waals surface area (Å²) in [5, 5.41) is 12.8. The van der Waals surface area contributed by atoms with Gasteiger partial charge < -0.3 is 20.1 Å². The third-order valence-electron chi connectivity index (χ3n) is 8.23. The highest BCUT2D eigenvalue weighted by molar-refractivity contribution is 5.97. The smallest absolute Gasteiger partial charge is 0.326 e. The number of carbonyl (C=O) groups is 2. The highest BCUT2D eigenvalue weighted by atomic mass is 19.1. The molecule has 2 atom stereocenters. The third kappa shape index (κ3) is 6.97. The van der Waals surface area contributed by atoms with E-state index < -0.39 is 29.9 Å². The van der Waals surface area contributed by atoms with Crippen molar-refractivity contribution in [1.82, 2.24) is 9.80 Å². The van der Waals surface area contributed by atoms with Crippen LogP contribution in [0.5, 0.6) is 5.75 Å². The van der Waals surface area contributed by atoms with Gasteiger partial charge in [-0.1, -0.05) is 0 Å². The number of rotatable bonds is 10. The summed E-state index contributed by atoms with van der Waals surface area (Å²) in [5.74, 6) is -2.31. The molecule has 1 amide bonds. The van der Waals surface area contributed by atoms with Crippen LogP contribution in [0.25, 0.3) is 0 Å². The zero-order valence-electron chi connectivity index (χ0n) is 23.5. The first-order chi connectivity index (χ1) is 19.6. The summed E-state index contributed by atoms with van der Waals surface area (Å²) in [6, 6.07) is 6.47. The molecule has 0 aromatic heterocycles. The van der Waals surface area contributed by atoms with Crippen molar-refractivity contribution < 1.29 is 32.6 Å². The summed E-state index contributed by atoms with van der Waals surface area (Å²) in [7, 11) is 0. The number of aliphatic carboxylic acids is 1. The lowest BCUT2D eigenvalue weighted by Crippen LogP contribution is -2.41. The molecule has 2 saturated heterocycles. The number of anilines is 1. The van der Waals surface area contributed by atoms with Crippen LogP contribution >= 0.6 is 0 Å². The van der Waals surface area contributed by atoms with E-state index >= 15 is 4.39 Å².